The molecule has 0 saturated heterocycles. The number of aryl methyl sites for hydroxylation is 1. The molecule has 0 heterocycles. The lowest BCUT2D eigenvalue weighted by Gasteiger charge is -2.25. The minimum absolute atomic E-state index is 1.22. The summed E-state index contributed by atoms with van der Waals surface area (Å²) in [6, 6.07) is 9.39. The topological polar surface area (TPSA) is 3.24 Å². The highest BCUT2D eigenvalue weighted by molar-refractivity contribution is 5.47. The van der Waals surface area contributed by atoms with E-state index in [4.69, 9.17) is 0 Å². The van der Waals surface area contributed by atoms with Gasteiger partial charge in [-0.1, -0.05) is 77.8 Å². The van der Waals surface area contributed by atoms with Crippen LogP contribution in [0.25, 0.3) is 0 Å². The van der Waals surface area contributed by atoms with Gasteiger partial charge in [-0.3, -0.25) is 0 Å². The van der Waals surface area contributed by atoms with Gasteiger partial charge in [0.1, 0.15) is 0 Å². The van der Waals surface area contributed by atoms with E-state index in [2.05, 4.69) is 49.9 Å². The minimum Gasteiger partial charge on any atom is -0.372 e. The van der Waals surface area contributed by atoms with E-state index in [1.807, 2.05) is 0 Å². The largest absolute Gasteiger partial charge is 0.372 e. The van der Waals surface area contributed by atoms with E-state index in [0.29, 0.717) is 0 Å². The van der Waals surface area contributed by atoms with Crippen LogP contribution in [-0.2, 0) is 6.42 Å². The molecule has 0 spiro atoms. The molecular weight excluding hydrogens is 278 g/mol. The van der Waals surface area contributed by atoms with E-state index in [1.54, 1.807) is 0 Å². The number of benzene rings is 1. The summed E-state index contributed by atoms with van der Waals surface area (Å²) in [5, 5.41) is 0. The van der Waals surface area contributed by atoms with Crippen LogP contribution in [0.2, 0.25) is 0 Å². The number of rotatable bonds is 14. The number of hydrogen-bond acceptors (Lipinski definition) is 1. The number of nitrogens with zero attached hydrogens (tertiary/aromatic N) is 1. The van der Waals surface area contributed by atoms with Gasteiger partial charge in [0.15, 0.2) is 0 Å². The van der Waals surface area contributed by atoms with Crippen molar-refractivity contribution in [2.45, 2.75) is 91.4 Å². The van der Waals surface area contributed by atoms with Gasteiger partial charge in [0.2, 0.25) is 0 Å². The molecule has 0 atom stereocenters. The summed E-state index contributed by atoms with van der Waals surface area (Å²) in [5.74, 6) is 0. The predicted molar refractivity (Wildman–Crippen MR) is 106 cm³/mol. The molecule has 0 unspecified atom stereocenters. The Balaban J connectivity index is 2.53. The maximum absolute atomic E-state index is 2.62. The first-order valence-corrected chi connectivity index (χ1v) is 10.2. The summed E-state index contributed by atoms with van der Waals surface area (Å²) < 4.78 is 0. The first-order chi connectivity index (χ1) is 11.3. The zero-order valence-electron chi connectivity index (χ0n) is 15.9. The molecule has 23 heavy (non-hydrogen) atoms. The van der Waals surface area contributed by atoms with Crippen molar-refractivity contribution in [1.29, 1.82) is 0 Å². The lowest BCUT2D eigenvalue weighted by atomic mass is 10.1. The molecule has 0 aromatic heterocycles. The molecule has 0 aliphatic carbocycles. The standard InChI is InChI=1S/C22H39N/c1-4-7-10-12-19-23(20-13-11-8-5-2)22-17-15-21(16-18-22)14-9-6-3/h15-18H,4-14,19-20H2,1-3H3. The third-order valence-corrected chi connectivity index (χ3v) is 4.68. The molecule has 0 bridgehead atoms. The van der Waals surface area contributed by atoms with Crippen molar-refractivity contribution in [3.05, 3.63) is 29.8 Å². The number of hydrogen-bond donors (Lipinski definition) is 0. The van der Waals surface area contributed by atoms with Gasteiger partial charge in [0.25, 0.3) is 0 Å². The number of anilines is 1. The maximum atomic E-state index is 2.62. The SMILES string of the molecule is CCCCCCN(CCCCCC)c1ccc(CCCC)cc1. The van der Waals surface area contributed by atoms with Crippen molar-refractivity contribution in [3.8, 4) is 0 Å². The third kappa shape index (κ3) is 9.03. The third-order valence-electron chi connectivity index (χ3n) is 4.68. The van der Waals surface area contributed by atoms with Crippen LogP contribution in [0.4, 0.5) is 5.69 Å². The molecule has 1 aromatic rings. The van der Waals surface area contributed by atoms with E-state index in [0.717, 1.165) is 0 Å². The van der Waals surface area contributed by atoms with Gasteiger partial charge in [-0.15, -0.1) is 0 Å². The molecule has 1 nitrogen and oxygen atoms in total. The molecule has 1 rings (SSSR count). The monoisotopic (exact) mass is 317 g/mol. The zero-order chi connectivity index (χ0) is 16.8. The van der Waals surface area contributed by atoms with Crippen LogP contribution in [0.3, 0.4) is 0 Å². The summed E-state index contributed by atoms with van der Waals surface area (Å²) >= 11 is 0. The van der Waals surface area contributed by atoms with Crippen LogP contribution < -0.4 is 4.90 Å². The van der Waals surface area contributed by atoms with E-state index in [-0.39, 0.29) is 0 Å². The Morgan fingerprint density at radius 1 is 0.609 bits per heavy atom. The second-order valence-electron chi connectivity index (χ2n) is 6.88. The van der Waals surface area contributed by atoms with Gasteiger partial charge in [0, 0.05) is 18.8 Å². The van der Waals surface area contributed by atoms with E-state index < -0.39 is 0 Å². The first-order valence-electron chi connectivity index (χ1n) is 10.2. The molecule has 0 aliphatic heterocycles. The van der Waals surface area contributed by atoms with Gasteiger partial charge in [-0.05, 0) is 43.4 Å². The van der Waals surface area contributed by atoms with Crippen LogP contribution in [0, 0.1) is 0 Å². The molecule has 0 saturated carbocycles. The van der Waals surface area contributed by atoms with Crippen molar-refractivity contribution in [3.63, 3.8) is 0 Å². The Labute approximate surface area is 145 Å². The predicted octanol–water partition coefficient (Wildman–Crippen LogP) is 7.00. The second kappa shape index (κ2) is 13.5. The second-order valence-corrected chi connectivity index (χ2v) is 6.88. The van der Waals surface area contributed by atoms with Crippen molar-refractivity contribution < 1.29 is 0 Å². The number of unbranched alkanes of at least 4 members (excludes halogenated alkanes) is 7. The molecule has 1 heteroatoms. The molecule has 0 amide bonds. The Morgan fingerprint density at radius 3 is 1.61 bits per heavy atom. The summed E-state index contributed by atoms with van der Waals surface area (Å²) in [7, 11) is 0. The summed E-state index contributed by atoms with van der Waals surface area (Å²) in [5.41, 5.74) is 2.92. The van der Waals surface area contributed by atoms with Gasteiger partial charge in [-0.2, -0.15) is 0 Å². The van der Waals surface area contributed by atoms with Crippen LogP contribution in [0.5, 0.6) is 0 Å². The Bertz CT molecular complexity index is 356. The van der Waals surface area contributed by atoms with Gasteiger partial charge in [0.05, 0.1) is 0 Å². The van der Waals surface area contributed by atoms with Crippen molar-refractivity contribution in [2.24, 2.45) is 0 Å². The van der Waals surface area contributed by atoms with Crippen molar-refractivity contribution in [2.75, 3.05) is 18.0 Å². The van der Waals surface area contributed by atoms with Crippen LogP contribution in [0.1, 0.15) is 90.5 Å². The molecule has 0 N–H and O–H groups in total. The molecule has 0 radical (unpaired) electrons. The van der Waals surface area contributed by atoms with Gasteiger partial charge < -0.3 is 4.90 Å². The van der Waals surface area contributed by atoms with Crippen molar-refractivity contribution in [1.82, 2.24) is 0 Å². The highest BCUT2D eigenvalue weighted by Crippen LogP contribution is 2.19. The average molecular weight is 318 g/mol. The molecule has 0 fully saturated rings. The van der Waals surface area contributed by atoms with Gasteiger partial charge in [-0.25, -0.2) is 0 Å². The van der Waals surface area contributed by atoms with Gasteiger partial charge >= 0.3 is 0 Å². The molecule has 132 valence electrons. The smallest absolute Gasteiger partial charge is 0.0366 e. The average Bonchev–Trinajstić information content (AvgIpc) is 2.59. The van der Waals surface area contributed by atoms with E-state index >= 15 is 0 Å². The molecular formula is C22H39N. The van der Waals surface area contributed by atoms with Crippen LogP contribution >= 0.6 is 0 Å². The summed E-state index contributed by atoms with van der Waals surface area (Å²) in [6.45, 7) is 9.29. The summed E-state index contributed by atoms with van der Waals surface area (Å²) in [4.78, 5) is 2.62. The maximum Gasteiger partial charge on any atom is 0.0366 e. The summed E-state index contributed by atoms with van der Waals surface area (Å²) in [6.07, 6.45) is 14.6. The first kappa shape index (κ1) is 20.1. The molecule has 0 aliphatic rings. The van der Waals surface area contributed by atoms with Crippen molar-refractivity contribution >= 4 is 5.69 Å². The lowest BCUT2D eigenvalue weighted by Crippen LogP contribution is -2.25. The van der Waals surface area contributed by atoms with E-state index in [1.165, 1.54) is 95.0 Å². The molecule has 1 aromatic carbocycles. The fraction of sp³-hybridized carbons (Fsp3) is 0.727. The van der Waals surface area contributed by atoms with E-state index in [9.17, 15) is 0 Å². The Hall–Kier alpha value is -0.980. The fourth-order valence-electron chi connectivity index (χ4n) is 3.08. The zero-order valence-corrected chi connectivity index (χ0v) is 15.9. The van der Waals surface area contributed by atoms with Crippen LogP contribution in [-0.4, -0.2) is 13.1 Å². The highest BCUT2D eigenvalue weighted by atomic mass is 15.1. The Morgan fingerprint density at radius 2 is 1.13 bits per heavy atom. The van der Waals surface area contributed by atoms with Crippen LogP contribution in [0.15, 0.2) is 24.3 Å². The fourth-order valence-corrected chi connectivity index (χ4v) is 3.08. The minimum atomic E-state index is 1.22. The normalized spacial score (nSPS) is 10.9. The lowest BCUT2D eigenvalue weighted by molar-refractivity contribution is 0.609. The quantitative estimate of drug-likeness (QED) is 0.334. The Kier molecular flexibility index (Phi) is 11.7. The highest BCUT2D eigenvalue weighted by Gasteiger charge is 2.06.